The predicted molar refractivity (Wildman–Crippen MR) is 62.8 cm³/mol. The molecule has 100 valence electrons. The maximum absolute atomic E-state index is 12.5. The molecule has 2 rings (SSSR count). The van der Waals surface area contributed by atoms with Crippen LogP contribution in [0.1, 0.15) is 21.7 Å². The van der Waals surface area contributed by atoms with Crippen LogP contribution >= 0.6 is 0 Å². The molecule has 1 N–H and O–H groups in total. The lowest BCUT2D eigenvalue weighted by atomic mass is 10.2. The number of anilines is 1. The Balaban J connectivity index is 2.18. The van der Waals surface area contributed by atoms with Crippen molar-refractivity contribution in [3.63, 3.8) is 0 Å². The van der Waals surface area contributed by atoms with Gasteiger partial charge in [0.2, 0.25) is 0 Å². The molecule has 19 heavy (non-hydrogen) atoms. The van der Waals surface area contributed by atoms with Gasteiger partial charge in [0.25, 0.3) is 5.91 Å². The molecular weight excluding hydrogens is 259 g/mol. The van der Waals surface area contributed by atoms with Gasteiger partial charge in [-0.2, -0.15) is 13.2 Å². The largest absolute Gasteiger partial charge is 0.459 e. The number of nitrogens with one attached hydrogen (secondary N) is 1. The highest BCUT2D eigenvalue weighted by Crippen LogP contribution is 2.30. The van der Waals surface area contributed by atoms with Gasteiger partial charge in [-0.05, 0) is 36.8 Å². The van der Waals surface area contributed by atoms with Crippen molar-refractivity contribution >= 4 is 11.6 Å². The number of hydrogen-bond acceptors (Lipinski definition) is 2. The Morgan fingerprint density at radius 1 is 1.26 bits per heavy atom. The van der Waals surface area contributed by atoms with Crippen LogP contribution in [0.15, 0.2) is 41.0 Å². The molecule has 0 unspecified atom stereocenters. The molecule has 6 heteroatoms. The molecule has 1 amide bonds. The highest BCUT2D eigenvalue weighted by Gasteiger charge is 2.30. The molecule has 0 aliphatic rings. The SMILES string of the molecule is Cc1coc(C(=O)Nc2cccc(C(F)(F)F)c2)c1. The molecule has 0 atom stereocenters. The van der Waals surface area contributed by atoms with E-state index in [4.69, 9.17) is 4.42 Å². The van der Waals surface area contributed by atoms with E-state index in [1.165, 1.54) is 24.5 Å². The standard InChI is InChI=1S/C13H10F3NO2/c1-8-5-11(19-7-8)12(18)17-10-4-2-3-9(6-10)13(14,15)16/h2-7H,1H3,(H,17,18). The average Bonchev–Trinajstić information content (AvgIpc) is 2.75. The number of aryl methyl sites for hydroxylation is 1. The molecule has 0 bridgehead atoms. The van der Waals surface area contributed by atoms with Gasteiger partial charge in [0.05, 0.1) is 11.8 Å². The Morgan fingerprint density at radius 3 is 2.58 bits per heavy atom. The smallest absolute Gasteiger partial charge is 0.416 e. The lowest BCUT2D eigenvalue weighted by Gasteiger charge is -2.09. The van der Waals surface area contributed by atoms with E-state index in [-0.39, 0.29) is 11.4 Å². The van der Waals surface area contributed by atoms with Gasteiger partial charge in [-0.3, -0.25) is 4.79 Å². The maximum atomic E-state index is 12.5. The van der Waals surface area contributed by atoms with Crippen LogP contribution in [0.5, 0.6) is 0 Å². The summed E-state index contributed by atoms with van der Waals surface area (Å²) in [5, 5.41) is 2.35. The molecule has 0 aliphatic heterocycles. The molecule has 0 saturated heterocycles. The van der Waals surface area contributed by atoms with Crippen molar-refractivity contribution in [2.45, 2.75) is 13.1 Å². The minimum absolute atomic E-state index is 0.0508. The Morgan fingerprint density at radius 2 is 2.00 bits per heavy atom. The fraction of sp³-hybridized carbons (Fsp3) is 0.154. The van der Waals surface area contributed by atoms with Crippen LogP contribution in [0.4, 0.5) is 18.9 Å². The van der Waals surface area contributed by atoms with Crippen LogP contribution in [-0.4, -0.2) is 5.91 Å². The van der Waals surface area contributed by atoms with Crippen molar-refractivity contribution in [1.82, 2.24) is 0 Å². The van der Waals surface area contributed by atoms with Gasteiger partial charge in [0, 0.05) is 5.69 Å². The molecule has 0 fully saturated rings. The molecule has 0 aliphatic carbocycles. The van der Waals surface area contributed by atoms with Crippen LogP contribution in [0.2, 0.25) is 0 Å². The van der Waals surface area contributed by atoms with Gasteiger partial charge >= 0.3 is 6.18 Å². The summed E-state index contributed by atoms with van der Waals surface area (Å²) >= 11 is 0. The van der Waals surface area contributed by atoms with Crippen LogP contribution in [0.25, 0.3) is 0 Å². The van der Waals surface area contributed by atoms with E-state index < -0.39 is 17.6 Å². The van der Waals surface area contributed by atoms with Gasteiger partial charge < -0.3 is 9.73 Å². The van der Waals surface area contributed by atoms with E-state index in [1.807, 2.05) is 0 Å². The lowest BCUT2D eigenvalue weighted by molar-refractivity contribution is -0.137. The number of amides is 1. The third-order valence-electron chi connectivity index (χ3n) is 2.40. The molecule has 0 saturated carbocycles. The fourth-order valence-corrected chi connectivity index (χ4v) is 1.52. The maximum Gasteiger partial charge on any atom is 0.416 e. The third kappa shape index (κ3) is 3.15. The Labute approximate surface area is 107 Å². The summed E-state index contributed by atoms with van der Waals surface area (Å²) in [4.78, 5) is 11.7. The summed E-state index contributed by atoms with van der Waals surface area (Å²) in [5.74, 6) is -0.540. The summed E-state index contributed by atoms with van der Waals surface area (Å²) < 4.78 is 42.5. The monoisotopic (exact) mass is 269 g/mol. The van der Waals surface area contributed by atoms with Crippen molar-refractivity contribution < 1.29 is 22.4 Å². The molecule has 1 aromatic heterocycles. The zero-order valence-electron chi connectivity index (χ0n) is 9.91. The van der Waals surface area contributed by atoms with Crippen LogP contribution in [0, 0.1) is 6.92 Å². The average molecular weight is 269 g/mol. The van der Waals surface area contributed by atoms with Gasteiger partial charge in [-0.25, -0.2) is 0 Å². The first-order chi connectivity index (χ1) is 8.86. The van der Waals surface area contributed by atoms with E-state index in [2.05, 4.69) is 5.32 Å². The third-order valence-corrected chi connectivity index (χ3v) is 2.40. The number of furan rings is 1. The van der Waals surface area contributed by atoms with Crippen LogP contribution in [-0.2, 0) is 6.18 Å². The zero-order chi connectivity index (χ0) is 14.0. The molecule has 1 heterocycles. The van der Waals surface area contributed by atoms with E-state index in [0.29, 0.717) is 0 Å². The topological polar surface area (TPSA) is 42.2 Å². The summed E-state index contributed by atoms with van der Waals surface area (Å²) in [7, 11) is 0. The first-order valence-corrected chi connectivity index (χ1v) is 5.40. The van der Waals surface area contributed by atoms with E-state index in [0.717, 1.165) is 17.7 Å². The second-order valence-electron chi connectivity index (χ2n) is 4.02. The summed E-state index contributed by atoms with van der Waals surface area (Å²) in [5.41, 5.74) is 0.00370. The van der Waals surface area contributed by atoms with E-state index in [1.54, 1.807) is 6.92 Å². The first kappa shape index (κ1) is 13.2. The number of carbonyl (C=O) groups excluding carboxylic acids is 1. The van der Waals surface area contributed by atoms with Crippen molar-refractivity contribution in [3.05, 3.63) is 53.5 Å². The number of halogens is 3. The Bertz CT molecular complexity index is 602. The van der Waals surface area contributed by atoms with Crippen LogP contribution < -0.4 is 5.32 Å². The molecule has 3 nitrogen and oxygen atoms in total. The number of benzene rings is 1. The molecule has 0 radical (unpaired) electrons. The first-order valence-electron chi connectivity index (χ1n) is 5.40. The van der Waals surface area contributed by atoms with Gasteiger partial charge in [0.15, 0.2) is 5.76 Å². The molecule has 1 aromatic carbocycles. The normalized spacial score (nSPS) is 11.4. The van der Waals surface area contributed by atoms with Crippen molar-refractivity contribution in [2.75, 3.05) is 5.32 Å². The highest BCUT2D eigenvalue weighted by atomic mass is 19.4. The van der Waals surface area contributed by atoms with Crippen LogP contribution in [0.3, 0.4) is 0 Å². The second kappa shape index (κ2) is 4.79. The Kier molecular flexibility index (Phi) is 3.33. The van der Waals surface area contributed by atoms with E-state index in [9.17, 15) is 18.0 Å². The number of alkyl halides is 3. The van der Waals surface area contributed by atoms with Gasteiger partial charge in [-0.1, -0.05) is 6.07 Å². The molecule has 2 aromatic rings. The minimum atomic E-state index is -4.44. The summed E-state index contributed by atoms with van der Waals surface area (Å²) in [6.07, 6.45) is -3.05. The molecule has 0 spiro atoms. The predicted octanol–water partition coefficient (Wildman–Crippen LogP) is 3.86. The lowest BCUT2D eigenvalue weighted by Crippen LogP contribution is -2.12. The number of carbonyl (C=O) groups is 1. The minimum Gasteiger partial charge on any atom is -0.459 e. The zero-order valence-corrected chi connectivity index (χ0v) is 9.91. The second-order valence-corrected chi connectivity index (χ2v) is 4.02. The molecular formula is C13H10F3NO2. The summed E-state index contributed by atoms with van der Waals surface area (Å²) in [6, 6.07) is 5.91. The quantitative estimate of drug-likeness (QED) is 0.899. The number of hydrogen-bond donors (Lipinski definition) is 1. The van der Waals surface area contributed by atoms with Crippen molar-refractivity contribution in [2.24, 2.45) is 0 Å². The Hall–Kier alpha value is -2.24. The van der Waals surface area contributed by atoms with Gasteiger partial charge in [0.1, 0.15) is 0 Å². The number of rotatable bonds is 2. The van der Waals surface area contributed by atoms with Crippen molar-refractivity contribution in [1.29, 1.82) is 0 Å². The van der Waals surface area contributed by atoms with Gasteiger partial charge in [-0.15, -0.1) is 0 Å². The van der Waals surface area contributed by atoms with E-state index >= 15 is 0 Å². The summed E-state index contributed by atoms with van der Waals surface area (Å²) in [6.45, 7) is 1.74. The highest BCUT2D eigenvalue weighted by molar-refractivity contribution is 6.02. The van der Waals surface area contributed by atoms with Crippen molar-refractivity contribution in [3.8, 4) is 0 Å². The fourth-order valence-electron chi connectivity index (χ4n) is 1.52.